The number of benzene rings is 2. The van der Waals surface area contributed by atoms with Gasteiger partial charge in [0.1, 0.15) is 0 Å². The molecule has 1 fully saturated rings. The van der Waals surface area contributed by atoms with Gasteiger partial charge in [0, 0.05) is 42.2 Å². The largest absolute Gasteiger partial charge is 0.314 e. The lowest BCUT2D eigenvalue weighted by molar-refractivity contribution is 0.0822. The Balaban J connectivity index is 1.96. The maximum atomic E-state index is 12.9. The van der Waals surface area contributed by atoms with E-state index in [-0.39, 0.29) is 11.8 Å². The van der Waals surface area contributed by atoms with Gasteiger partial charge in [-0.1, -0.05) is 35.9 Å². The Morgan fingerprint density at radius 1 is 1.14 bits per heavy atom. The molecule has 1 atom stereocenters. The summed E-state index contributed by atoms with van der Waals surface area (Å²) in [7, 11) is 0. The fourth-order valence-corrected chi connectivity index (χ4v) is 3.17. The van der Waals surface area contributed by atoms with E-state index in [4.69, 9.17) is 11.6 Å². The van der Waals surface area contributed by atoms with Crippen molar-refractivity contribution in [3.05, 3.63) is 47.0 Å². The Morgan fingerprint density at radius 3 is 2.52 bits per heavy atom. The van der Waals surface area contributed by atoms with Crippen molar-refractivity contribution in [1.82, 2.24) is 10.2 Å². The van der Waals surface area contributed by atoms with Crippen LogP contribution in [0.25, 0.3) is 10.8 Å². The van der Waals surface area contributed by atoms with Crippen molar-refractivity contribution in [2.45, 2.75) is 13.0 Å². The predicted octanol–water partition coefficient (Wildman–Crippen LogP) is 2.97. The molecule has 1 aliphatic rings. The molecule has 1 aliphatic heterocycles. The van der Waals surface area contributed by atoms with Crippen LogP contribution in [0.3, 0.4) is 0 Å². The van der Waals surface area contributed by atoms with Gasteiger partial charge in [-0.3, -0.25) is 9.69 Å². The molecule has 0 saturated carbocycles. The van der Waals surface area contributed by atoms with Gasteiger partial charge >= 0.3 is 0 Å². The number of piperazine rings is 1. The highest BCUT2D eigenvalue weighted by molar-refractivity contribution is 6.36. The molecule has 0 radical (unpaired) electrons. The van der Waals surface area contributed by atoms with Crippen molar-refractivity contribution in [3.8, 4) is 0 Å². The molecule has 1 heterocycles. The van der Waals surface area contributed by atoms with Gasteiger partial charge in [-0.25, -0.2) is 0 Å². The normalized spacial score (nSPS) is 17.8. The second kappa shape index (κ2) is 6.14. The second-order valence-corrected chi connectivity index (χ2v) is 5.87. The minimum absolute atomic E-state index is 0.100. The molecule has 0 spiro atoms. The third kappa shape index (κ3) is 2.82. The first-order valence-corrected chi connectivity index (χ1v) is 7.72. The maximum Gasteiger partial charge on any atom is 0.180 e. The molecule has 1 unspecified atom stereocenters. The zero-order valence-electron chi connectivity index (χ0n) is 12.1. The third-order valence-corrected chi connectivity index (χ3v) is 4.54. The fraction of sp³-hybridized carbons (Fsp3) is 0.353. The van der Waals surface area contributed by atoms with Gasteiger partial charge in [-0.15, -0.1) is 0 Å². The Morgan fingerprint density at radius 2 is 1.81 bits per heavy atom. The lowest BCUT2D eigenvalue weighted by Gasteiger charge is -2.32. The molecule has 3 nitrogen and oxygen atoms in total. The molecular weight excluding hydrogens is 284 g/mol. The first-order chi connectivity index (χ1) is 10.2. The number of carbonyl (C=O) groups excluding carboxylic acids is 1. The highest BCUT2D eigenvalue weighted by Gasteiger charge is 2.25. The summed E-state index contributed by atoms with van der Waals surface area (Å²) in [6.45, 7) is 5.71. The summed E-state index contributed by atoms with van der Waals surface area (Å²) in [6, 6.07) is 11.4. The number of nitrogens with one attached hydrogen (secondary N) is 1. The van der Waals surface area contributed by atoms with Crippen LogP contribution in [0.1, 0.15) is 17.3 Å². The van der Waals surface area contributed by atoms with Crippen LogP contribution >= 0.6 is 11.6 Å². The van der Waals surface area contributed by atoms with Gasteiger partial charge in [0.15, 0.2) is 5.78 Å². The molecule has 2 aromatic rings. The lowest BCUT2D eigenvalue weighted by Crippen LogP contribution is -2.50. The van der Waals surface area contributed by atoms with E-state index in [0.717, 1.165) is 42.5 Å². The zero-order chi connectivity index (χ0) is 14.8. The van der Waals surface area contributed by atoms with Crippen molar-refractivity contribution >= 4 is 28.2 Å². The number of fused-ring (bicyclic) bond motifs is 1. The number of halogens is 1. The van der Waals surface area contributed by atoms with Gasteiger partial charge < -0.3 is 5.32 Å². The van der Waals surface area contributed by atoms with Crippen molar-refractivity contribution in [3.63, 3.8) is 0 Å². The third-order valence-electron chi connectivity index (χ3n) is 4.22. The van der Waals surface area contributed by atoms with Crippen LogP contribution in [-0.2, 0) is 0 Å². The number of rotatable bonds is 3. The van der Waals surface area contributed by atoms with Crippen molar-refractivity contribution in [2.75, 3.05) is 26.2 Å². The van der Waals surface area contributed by atoms with Crippen LogP contribution in [0, 0.1) is 0 Å². The van der Waals surface area contributed by atoms with E-state index in [1.54, 1.807) is 0 Å². The van der Waals surface area contributed by atoms with Gasteiger partial charge in [-0.05, 0) is 24.4 Å². The number of hydrogen-bond acceptors (Lipinski definition) is 3. The summed E-state index contributed by atoms with van der Waals surface area (Å²) in [6.07, 6.45) is 0. The van der Waals surface area contributed by atoms with Crippen molar-refractivity contribution < 1.29 is 4.79 Å². The Bertz CT molecular complexity index is 665. The topological polar surface area (TPSA) is 32.3 Å². The molecular formula is C17H19ClN2O. The average molecular weight is 303 g/mol. The smallest absolute Gasteiger partial charge is 0.180 e. The number of carbonyl (C=O) groups is 1. The van der Waals surface area contributed by atoms with E-state index < -0.39 is 0 Å². The van der Waals surface area contributed by atoms with Gasteiger partial charge in [-0.2, -0.15) is 0 Å². The molecule has 0 bridgehead atoms. The number of hydrogen-bond donors (Lipinski definition) is 1. The standard InChI is InChI=1S/C17H19ClN2O/c1-12(20-10-8-19-9-11-20)17(21)15-6-7-16(18)14-5-3-2-4-13(14)15/h2-7,12,19H,8-11H2,1H3. The molecule has 0 aromatic heterocycles. The minimum atomic E-state index is -0.100. The zero-order valence-corrected chi connectivity index (χ0v) is 12.9. The lowest BCUT2D eigenvalue weighted by atomic mass is 9.97. The molecule has 0 amide bonds. The molecule has 110 valence electrons. The van der Waals surface area contributed by atoms with Crippen LogP contribution in [0.2, 0.25) is 5.02 Å². The fourth-order valence-electron chi connectivity index (χ4n) is 2.94. The van der Waals surface area contributed by atoms with Crippen LogP contribution < -0.4 is 5.32 Å². The first-order valence-electron chi connectivity index (χ1n) is 7.34. The number of ketones is 1. The summed E-state index contributed by atoms with van der Waals surface area (Å²) >= 11 is 6.23. The molecule has 4 heteroatoms. The SMILES string of the molecule is CC(C(=O)c1ccc(Cl)c2ccccc12)N1CCNCC1. The molecule has 1 N–H and O–H groups in total. The van der Waals surface area contributed by atoms with Gasteiger partial charge in [0.2, 0.25) is 0 Å². The van der Waals surface area contributed by atoms with E-state index >= 15 is 0 Å². The molecule has 3 rings (SSSR count). The van der Waals surface area contributed by atoms with Gasteiger partial charge in [0.05, 0.1) is 6.04 Å². The summed E-state index contributed by atoms with van der Waals surface area (Å²) < 4.78 is 0. The molecule has 2 aromatic carbocycles. The van der Waals surface area contributed by atoms with Crippen LogP contribution in [0.5, 0.6) is 0 Å². The highest BCUT2D eigenvalue weighted by Crippen LogP contribution is 2.27. The molecule has 1 saturated heterocycles. The Labute approximate surface area is 129 Å². The van der Waals surface area contributed by atoms with Crippen LogP contribution in [-0.4, -0.2) is 42.9 Å². The first kappa shape index (κ1) is 14.5. The average Bonchev–Trinajstić information content (AvgIpc) is 2.55. The van der Waals surface area contributed by atoms with Crippen LogP contribution in [0.4, 0.5) is 0 Å². The van der Waals surface area contributed by atoms with Crippen molar-refractivity contribution in [2.24, 2.45) is 0 Å². The number of nitrogens with zero attached hydrogens (tertiary/aromatic N) is 1. The van der Waals surface area contributed by atoms with E-state index in [0.29, 0.717) is 5.02 Å². The summed E-state index contributed by atoms with van der Waals surface area (Å²) in [4.78, 5) is 15.1. The number of Topliss-reactive ketones (excluding diaryl/α,β-unsaturated/α-hetero) is 1. The summed E-state index contributed by atoms with van der Waals surface area (Å²) in [5.41, 5.74) is 0.765. The Kier molecular flexibility index (Phi) is 4.24. The molecule has 0 aliphatic carbocycles. The maximum absolute atomic E-state index is 12.9. The predicted molar refractivity (Wildman–Crippen MR) is 87.2 cm³/mol. The van der Waals surface area contributed by atoms with Crippen molar-refractivity contribution in [1.29, 1.82) is 0 Å². The van der Waals surface area contributed by atoms with E-state index in [1.807, 2.05) is 43.3 Å². The van der Waals surface area contributed by atoms with E-state index in [9.17, 15) is 4.79 Å². The summed E-state index contributed by atoms with van der Waals surface area (Å²) in [5, 5.41) is 5.89. The quantitative estimate of drug-likeness (QED) is 0.885. The Hall–Kier alpha value is -1.42. The van der Waals surface area contributed by atoms with E-state index in [2.05, 4.69) is 10.2 Å². The highest BCUT2D eigenvalue weighted by atomic mass is 35.5. The van der Waals surface area contributed by atoms with Gasteiger partial charge in [0.25, 0.3) is 0 Å². The molecule has 21 heavy (non-hydrogen) atoms. The monoisotopic (exact) mass is 302 g/mol. The minimum Gasteiger partial charge on any atom is -0.314 e. The van der Waals surface area contributed by atoms with E-state index in [1.165, 1.54) is 0 Å². The summed E-state index contributed by atoms with van der Waals surface area (Å²) in [5.74, 6) is 0.171. The van der Waals surface area contributed by atoms with Crippen LogP contribution in [0.15, 0.2) is 36.4 Å². The second-order valence-electron chi connectivity index (χ2n) is 5.47.